The Labute approximate surface area is 121 Å². The van der Waals surface area contributed by atoms with Crippen molar-refractivity contribution in [2.75, 3.05) is 26.4 Å². The summed E-state index contributed by atoms with van der Waals surface area (Å²) in [5, 5.41) is 0.712. The number of rotatable bonds is 9. The first-order valence-electron chi connectivity index (χ1n) is 6.83. The fraction of sp³-hybridized carbons (Fsp3) is 0.600. The van der Waals surface area contributed by atoms with Gasteiger partial charge in [-0.15, -0.1) is 0 Å². The van der Waals surface area contributed by atoms with Crippen molar-refractivity contribution in [3.63, 3.8) is 0 Å². The summed E-state index contributed by atoms with van der Waals surface area (Å²) in [7, 11) is 0. The molecular formula is C15H24ClNO2. The standard InChI is InChI=1S/C15H24ClNO2/c1-12(2)7-9-18-10-11-19-15-5-3-4-14(16)13(15)6-8-17/h3-5,12H,6-11,17H2,1-2H3. The lowest BCUT2D eigenvalue weighted by atomic mass is 10.1. The monoisotopic (exact) mass is 285 g/mol. The fourth-order valence-electron chi connectivity index (χ4n) is 1.69. The van der Waals surface area contributed by atoms with Crippen LogP contribution in [0.2, 0.25) is 5.02 Å². The second kappa shape index (κ2) is 9.18. The van der Waals surface area contributed by atoms with Crippen LogP contribution in [0.15, 0.2) is 18.2 Å². The fourth-order valence-corrected chi connectivity index (χ4v) is 1.95. The Balaban J connectivity index is 2.34. The molecule has 0 heterocycles. The van der Waals surface area contributed by atoms with Gasteiger partial charge in [0, 0.05) is 17.2 Å². The van der Waals surface area contributed by atoms with E-state index in [2.05, 4.69) is 13.8 Å². The molecule has 108 valence electrons. The first-order chi connectivity index (χ1) is 9.15. The van der Waals surface area contributed by atoms with Crippen molar-refractivity contribution in [1.29, 1.82) is 0 Å². The molecule has 0 saturated carbocycles. The van der Waals surface area contributed by atoms with Gasteiger partial charge in [0.25, 0.3) is 0 Å². The number of ether oxygens (including phenoxy) is 2. The van der Waals surface area contributed by atoms with Crippen molar-refractivity contribution < 1.29 is 9.47 Å². The largest absolute Gasteiger partial charge is 0.491 e. The third-order valence-electron chi connectivity index (χ3n) is 2.79. The molecule has 0 aromatic heterocycles. The quantitative estimate of drug-likeness (QED) is 0.708. The summed E-state index contributed by atoms with van der Waals surface area (Å²) in [4.78, 5) is 0. The van der Waals surface area contributed by atoms with E-state index in [0.29, 0.717) is 30.7 Å². The molecule has 0 unspecified atom stereocenters. The molecule has 19 heavy (non-hydrogen) atoms. The highest BCUT2D eigenvalue weighted by Gasteiger charge is 2.07. The van der Waals surface area contributed by atoms with Crippen LogP contribution >= 0.6 is 11.6 Å². The van der Waals surface area contributed by atoms with E-state index >= 15 is 0 Å². The Kier molecular flexibility index (Phi) is 7.87. The van der Waals surface area contributed by atoms with Gasteiger partial charge in [-0.25, -0.2) is 0 Å². The maximum absolute atomic E-state index is 6.14. The summed E-state index contributed by atoms with van der Waals surface area (Å²) < 4.78 is 11.2. The number of nitrogens with two attached hydrogens (primary N) is 1. The summed E-state index contributed by atoms with van der Waals surface area (Å²) in [6, 6.07) is 5.67. The van der Waals surface area contributed by atoms with Crippen LogP contribution in [0.5, 0.6) is 5.75 Å². The lowest BCUT2D eigenvalue weighted by molar-refractivity contribution is 0.0923. The minimum atomic E-state index is 0.538. The van der Waals surface area contributed by atoms with Crippen LogP contribution in [0.25, 0.3) is 0 Å². The SMILES string of the molecule is CC(C)CCOCCOc1cccc(Cl)c1CCN. The highest BCUT2D eigenvalue weighted by Crippen LogP contribution is 2.26. The highest BCUT2D eigenvalue weighted by atomic mass is 35.5. The van der Waals surface area contributed by atoms with Crippen molar-refractivity contribution in [1.82, 2.24) is 0 Å². The Morgan fingerprint density at radius 1 is 1.21 bits per heavy atom. The zero-order chi connectivity index (χ0) is 14.1. The zero-order valence-corrected chi connectivity index (χ0v) is 12.6. The normalized spacial score (nSPS) is 11.0. The Bertz CT molecular complexity index is 369. The smallest absolute Gasteiger partial charge is 0.124 e. The predicted octanol–water partition coefficient (Wildman–Crippen LogP) is 3.28. The Morgan fingerprint density at radius 2 is 2.00 bits per heavy atom. The van der Waals surface area contributed by atoms with E-state index in [1.807, 2.05) is 18.2 Å². The van der Waals surface area contributed by atoms with E-state index in [-0.39, 0.29) is 0 Å². The number of hydrogen-bond acceptors (Lipinski definition) is 3. The van der Waals surface area contributed by atoms with Crippen LogP contribution < -0.4 is 10.5 Å². The molecule has 0 radical (unpaired) electrons. The Morgan fingerprint density at radius 3 is 2.68 bits per heavy atom. The van der Waals surface area contributed by atoms with E-state index in [4.69, 9.17) is 26.8 Å². The van der Waals surface area contributed by atoms with Gasteiger partial charge in [0.05, 0.1) is 6.61 Å². The van der Waals surface area contributed by atoms with Gasteiger partial charge in [-0.05, 0) is 37.4 Å². The summed E-state index contributed by atoms with van der Waals surface area (Å²) in [5.41, 5.74) is 6.56. The first kappa shape index (κ1) is 16.3. The van der Waals surface area contributed by atoms with Crippen molar-refractivity contribution in [2.45, 2.75) is 26.7 Å². The number of halogens is 1. The summed E-state index contributed by atoms with van der Waals surface area (Å²) in [6.45, 7) is 6.85. The molecule has 0 atom stereocenters. The van der Waals surface area contributed by atoms with Crippen LogP contribution in [0.4, 0.5) is 0 Å². The molecule has 1 aromatic carbocycles. The van der Waals surface area contributed by atoms with E-state index in [9.17, 15) is 0 Å². The average Bonchev–Trinajstić information content (AvgIpc) is 2.37. The van der Waals surface area contributed by atoms with E-state index in [1.165, 1.54) is 0 Å². The molecule has 0 aliphatic heterocycles. The van der Waals surface area contributed by atoms with Gasteiger partial charge in [0.2, 0.25) is 0 Å². The molecule has 1 rings (SSSR count). The van der Waals surface area contributed by atoms with Crippen LogP contribution in [0.1, 0.15) is 25.8 Å². The van der Waals surface area contributed by atoms with Gasteiger partial charge >= 0.3 is 0 Å². The molecule has 2 N–H and O–H groups in total. The maximum atomic E-state index is 6.14. The van der Waals surface area contributed by atoms with Gasteiger partial charge in [0.15, 0.2) is 0 Å². The molecule has 0 spiro atoms. The zero-order valence-electron chi connectivity index (χ0n) is 11.8. The summed E-state index contributed by atoms with van der Waals surface area (Å²) in [6.07, 6.45) is 1.80. The second-order valence-corrected chi connectivity index (χ2v) is 5.31. The van der Waals surface area contributed by atoms with E-state index in [1.54, 1.807) is 0 Å². The number of hydrogen-bond donors (Lipinski definition) is 1. The molecule has 0 aliphatic carbocycles. The summed E-state index contributed by atoms with van der Waals surface area (Å²) in [5.74, 6) is 1.48. The van der Waals surface area contributed by atoms with Gasteiger partial charge in [-0.2, -0.15) is 0 Å². The van der Waals surface area contributed by atoms with Crippen LogP contribution in [-0.4, -0.2) is 26.4 Å². The minimum Gasteiger partial charge on any atom is -0.491 e. The van der Waals surface area contributed by atoms with Crippen molar-refractivity contribution >= 4 is 11.6 Å². The number of benzene rings is 1. The van der Waals surface area contributed by atoms with E-state index < -0.39 is 0 Å². The van der Waals surface area contributed by atoms with Crippen LogP contribution in [0.3, 0.4) is 0 Å². The third-order valence-corrected chi connectivity index (χ3v) is 3.15. The van der Waals surface area contributed by atoms with Gasteiger partial charge in [-0.3, -0.25) is 0 Å². The van der Waals surface area contributed by atoms with Gasteiger partial charge in [0.1, 0.15) is 12.4 Å². The van der Waals surface area contributed by atoms with Crippen molar-refractivity contribution in [3.8, 4) is 5.75 Å². The van der Waals surface area contributed by atoms with Gasteiger partial charge in [-0.1, -0.05) is 31.5 Å². The molecule has 0 aliphatic rings. The first-order valence-corrected chi connectivity index (χ1v) is 7.21. The predicted molar refractivity (Wildman–Crippen MR) is 80.0 cm³/mol. The van der Waals surface area contributed by atoms with Crippen molar-refractivity contribution in [2.24, 2.45) is 11.7 Å². The van der Waals surface area contributed by atoms with Crippen molar-refractivity contribution in [3.05, 3.63) is 28.8 Å². The molecule has 0 amide bonds. The Hall–Kier alpha value is -0.770. The second-order valence-electron chi connectivity index (χ2n) is 4.90. The minimum absolute atomic E-state index is 0.538. The summed E-state index contributed by atoms with van der Waals surface area (Å²) >= 11 is 6.14. The maximum Gasteiger partial charge on any atom is 0.124 e. The molecule has 0 fully saturated rings. The lowest BCUT2D eigenvalue weighted by Gasteiger charge is -2.13. The van der Waals surface area contributed by atoms with E-state index in [0.717, 1.165) is 30.8 Å². The van der Waals surface area contributed by atoms with Crippen LogP contribution in [-0.2, 0) is 11.2 Å². The molecule has 1 aromatic rings. The average molecular weight is 286 g/mol. The van der Waals surface area contributed by atoms with Gasteiger partial charge < -0.3 is 15.2 Å². The van der Waals surface area contributed by atoms with Crippen LogP contribution in [0, 0.1) is 5.92 Å². The molecular weight excluding hydrogens is 262 g/mol. The highest BCUT2D eigenvalue weighted by molar-refractivity contribution is 6.31. The lowest BCUT2D eigenvalue weighted by Crippen LogP contribution is -2.11. The topological polar surface area (TPSA) is 44.5 Å². The molecule has 0 saturated heterocycles. The molecule has 4 heteroatoms. The molecule has 3 nitrogen and oxygen atoms in total. The third kappa shape index (κ3) is 6.28. The molecule has 0 bridgehead atoms.